The molecule has 0 unspecified atom stereocenters. The van der Waals surface area contributed by atoms with Gasteiger partial charge in [-0.1, -0.05) is 24.3 Å². The first-order chi connectivity index (χ1) is 13.7. The van der Waals surface area contributed by atoms with Gasteiger partial charge in [0.15, 0.2) is 5.96 Å². The van der Waals surface area contributed by atoms with Crippen LogP contribution in [0.15, 0.2) is 52.1 Å². The van der Waals surface area contributed by atoms with Crippen molar-refractivity contribution in [3.8, 4) is 0 Å². The van der Waals surface area contributed by atoms with Crippen LogP contribution in [-0.4, -0.2) is 62.6 Å². The maximum atomic E-state index is 5.35. The minimum Gasteiger partial charge on any atom is -0.469 e. The second-order valence-corrected chi connectivity index (χ2v) is 7.43. The van der Waals surface area contributed by atoms with Gasteiger partial charge in [-0.2, -0.15) is 0 Å². The van der Waals surface area contributed by atoms with E-state index in [9.17, 15) is 0 Å². The largest absolute Gasteiger partial charge is 0.469 e. The minimum absolute atomic E-state index is 0.759. The summed E-state index contributed by atoms with van der Waals surface area (Å²) in [6.45, 7) is 7.30. The summed E-state index contributed by atoms with van der Waals surface area (Å²) in [5.74, 6) is 1.79. The summed E-state index contributed by atoms with van der Waals surface area (Å²) in [5.41, 5.74) is 2.64. The summed E-state index contributed by atoms with van der Waals surface area (Å²) in [7, 11) is 4.01. The first-order valence-corrected chi connectivity index (χ1v) is 10.2. The Kier molecular flexibility index (Phi) is 7.94. The van der Waals surface area contributed by atoms with Crippen LogP contribution in [0, 0.1) is 0 Å². The average Bonchev–Trinajstić information content (AvgIpc) is 3.15. The van der Waals surface area contributed by atoms with Gasteiger partial charge in [0.1, 0.15) is 5.76 Å². The van der Waals surface area contributed by atoms with Crippen LogP contribution in [0.5, 0.6) is 0 Å². The number of nitrogens with zero attached hydrogens (tertiary/aromatic N) is 3. The van der Waals surface area contributed by atoms with Crippen LogP contribution >= 0.6 is 0 Å². The summed E-state index contributed by atoms with van der Waals surface area (Å²) >= 11 is 0. The third-order valence-electron chi connectivity index (χ3n) is 5.17. The van der Waals surface area contributed by atoms with E-state index < -0.39 is 0 Å². The highest BCUT2D eigenvalue weighted by Crippen LogP contribution is 2.10. The number of nitrogens with one attached hydrogen (secondary N) is 2. The molecule has 1 saturated heterocycles. The molecule has 0 radical (unpaired) electrons. The van der Waals surface area contributed by atoms with Gasteiger partial charge in [-0.15, -0.1) is 0 Å². The number of hydrogen-bond donors (Lipinski definition) is 2. The van der Waals surface area contributed by atoms with Gasteiger partial charge in [0.05, 0.1) is 6.26 Å². The van der Waals surface area contributed by atoms with Crippen LogP contribution in [-0.2, 0) is 19.5 Å². The lowest BCUT2D eigenvalue weighted by Gasteiger charge is -2.20. The van der Waals surface area contributed by atoms with Gasteiger partial charge in [0.25, 0.3) is 0 Å². The van der Waals surface area contributed by atoms with E-state index in [1.54, 1.807) is 13.3 Å². The maximum absolute atomic E-state index is 5.35. The van der Waals surface area contributed by atoms with Gasteiger partial charge in [-0.25, -0.2) is 0 Å². The number of guanidine groups is 1. The molecular weight excluding hydrogens is 350 g/mol. The molecule has 152 valence electrons. The van der Waals surface area contributed by atoms with Gasteiger partial charge in [0, 0.05) is 46.2 Å². The number of aliphatic imine (C=N–C) groups is 1. The number of hydrogen-bond acceptors (Lipinski definition) is 4. The second kappa shape index (κ2) is 10.9. The average molecular weight is 384 g/mol. The molecule has 1 aromatic heterocycles. The Bertz CT molecular complexity index is 711. The third-order valence-corrected chi connectivity index (χ3v) is 5.17. The lowest BCUT2D eigenvalue weighted by atomic mass is 10.1. The lowest BCUT2D eigenvalue weighted by molar-refractivity contribution is 0.269. The van der Waals surface area contributed by atoms with E-state index in [2.05, 4.69) is 56.7 Å². The van der Waals surface area contributed by atoms with Crippen molar-refractivity contribution in [2.75, 3.05) is 46.8 Å². The summed E-state index contributed by atoms with van der Waals surface area (Å²) < 4.78 is 5.35. The quantitative estimate of drug-likeness (QED) is 0.568. The Balaban J connectivity index is 1.40. The number of rotatable bonds is 7. The van der Waals surface area contributed by atoms with Crippen LogP contribution in [0.1, 0.15) is 23.3 Å². The Hall–Kier alpha value is -2.31. The molecule has 0 saturated carbocycles. The van der Waals surface area contributed by atoms with Crippen molar-refractivity contribution in [2.24, 2.45) is 4.99 Å². The van der Waals surface area contributed by atoms with E-state index in [0.717, 1.165) is 50.9 Å². The number of benzene rings is 1. The van der Waals surface area contributed by atoms with E-state index in [4.69, 9.17) is 4.42 Å². The predicted molar refractivity (Wildman–Crippen MR) is 114 cm³/mol. The van der Waals surface area contributed by atoms with Crippen molar-refractivity contribution >= 4 is 5.96 Å². The highest BCUT2D eigenvalue weighted by Gasteiger charge is 2.12. The fraction of sp³-hybridized carbons (Fsp3) is 0.500. The first-order valence-electron chi connectivity index (χ1n) is 10.2. The topological polar surface area (TPSA) is 56.0 Å². The fourth-order valence-electron chi connectivity index (χ4n) is 3.44. The second-order valence-electron chi connectivity index (χ2n) is 7.43. The van der Waals surface area contributed by atoms with Crippen molar-refractivity contribution in [3.63, 3.8) is 0 Å². The van der Waals surface area contributed by atoms with Crippen LogP contribution in [0.3, 0.4) is 0 Å². The van der Waals surface area contributed by atoms with E-state index in [1.807, 2.05) is 12.1 Å². The molecule has 0 amide bonds. The Morgan fingerprint density at radius 3 is 2.61 bits per heavy atom. The van der Waals surface area contributed by atoms with Crippen molar-refractivity contribution < 1.29 is 4.42 Å². The summed E-state index contributed by atoms with van der Waals surface area (Å²) in [6.07, 6.45) is 3.80. The minimum atomic E-state index is 0.759. The number of furan rings is 1. The molecule has 0 aliphatic carbocycles. The third kappa shape index (κ3) is 6.69. The molecule has 6 nitrogen and oxygen atoms in total. The lowest BCUT2D eigenvalue weighted by Crippen LogP contribution is -2.37. The summed E-state index contributed by atoms with van der Waals surface area (Å²) in [6, 6.07) is 12.8. The Morgan fingerprint density at radius 1 is 1.04 bits per heavy atom. The van der Waals surface area contributed by atoms with Crippen molar-refractivity contribution in [3.05, 3.63) is 59.5 Å². The molecule has 28 heavy (non-hydrogen) atoms. The van der Waals surface area contributed by atoms with Crippen molar-refractivity contribution in [1.82, 2.24) is 20.4 Å². The monoisotopic (exact) mass is 383 g/mol. The normalized spacial score (nSPS) is 16.7. The van der Waals surface area contributed by atoms with Crippen LogP contribution in [0.4, 0.5) is 0 Å². The van der Waals surface area contributed by atoms with Crippen LogP contribution in [0.2, 0.25) is 0 Å². The van der Waals surface area contributed by atoms with Gasteiger partial charge in [-0.3, -0.25) is 9.89 Å². The van der Waals surface area contributed by atoms with E-state index in [0.29, 0.717) is 0 Å². The van der Waals surface area contributed by atoms with E-state index in [-0.39, 0.29) is 0 Å². The van der Waals surface area contributed by atoms with Gasteiger partial charge >= 0.3 is 0 Å². The van der Waals surface area contributed by atoms with Crippen LogP contribution < -0.4 is 10.6 Å². The molecule has 1 aliphatic heterocycles. The zero-order valence-corrected chi connectivity index (χ0v) is 17.2. The van der Waals surface area contributed by atoms with E-state index in [1.165, 1.54) is 30.6 Å². The molecule has 1 aliphatic rings. The van der Waals surface area contributed by atoms with Gasteiger partial charge in [-0.05, 0) is 49.8 Å². The van der Waals surface area contributed by atoms with E-state index >= 15 is 0 Å². The molecule has 0 bridgehead atoms. The molecule has 6 heteroatoms. The standard InChI is InChI=1S/C22H33N5O/c1-23-22(24-11-10-21-5-3-16-28-21)25-17-19-6-8-20(9-7-19)18-27-13-4-12-26(2)14-15-27/h3,5-9,16H,4,10-15,17-18H2,1-2H3,(H2,23,24,25). The van der Waals surface area contributed by atoms with Gasteiger partial charge in [0.2, 0.25) is 0 Å². The molecule has 2 N–H and O–H groups in total. The predicted octanol–water partition coefficient (Wildman–Crippen LogP) is 2.32. The molecule has 3 rings (SSSR count). The van der Waals surface area contributed by atoms with Crippen molar-refractivity contribution in [2.45, 2.75) is 25.9 Å². The van der Waals surface area contributed by atoms with Crippen LogP contribution in [0.25, 0.3) is 0 Å². The molecule has 0 spiro atoms. The highest BCUT2D eigenvalue weighted by atomic mass is 16.3. The fourth-order valence-corrected chi connectivity index (χ4v) is 3.44. The SMILES string of the molecule is CN=C(NCCc1ccco1)NCc1ccc(CN2CCCN(C)CC2)cc1. The molecular formula is C22H33N5O. The van der Waals surface area contributed by atoms with Crippen molar-refractivity contribution in [1.29, 1.82) is 0 Å². The molecule has 2 aromatic rings. The first kappa shape index (κ1) is 20.4. The molecule has 1 aromatic carbocycles. The zero-order valence-electron chi connectivity index (χ0n) is 17.2. The highest BCUT2D eigenvalue weighted by molar-refractivity contribution is 5.79. The number of likely N-dealkylation sites (N-methyl/N-ethyl adjacent to an activating group) is 1. The molecule has 1 fully saturated rings. The maximum Gasteiger partial charge on any atom is 0.191 e. The Labute approximate surface area is 168 Å². The molecule has 0 atom stereocenters. The zero-order chi connectivity index (χ0) is 19.6. The summed E-state index contributed by atoms with van der Waals surface area (Å²) in [5, 5.41) is 6.69. The summed E-state index contributed by atoms with van der Waals surface area (Å²) in [4.78, 5) is 9.26. The Morgan fingerprint density at radius 2 is 1.86 bits per heavy atom. The smallest absolute Gasteiger partial charge is 0.191 e. The molecule has 2 heterocycles. The van der Waals surface area contributed by atoms with Gasteiger partial charge < -0.3 is 20.0 Å².